The zero-order valence-corrected chi connectivity index (χ0v) is 13.3. The molecule has 1 aromatic heterocycles. The van der Waals surface area contributed by atoms with Gasteiger partial charge in [-0.2, -0.15) is 0 Å². The normalized spacial score (nSPS) is 10.5. The average Bonchev–Trinajstić information content (AvgIpc) is 2.49. The minimum atomic E-state index is 0.358. The van der Waals surface area contributed by atoms with Crippen molar-refractivity contribution < 1.29 is 4.74 Å². The molecule has 0 fully saturated rings. The summed E-state index contributed by atoms with van der Waals surface area (Å²) in [5, 5.41) is 0.963. The number of nitrogens with zero attached hydrogens (tertiary/aromatic N) is 1. The summed E-state index contributed by atoms with van der Waals surface area (Å²) in [4.78, 5) is 4.68. The monoisotopic (exact) mass is 358 g/mol. The van der Waals surface area contributed by atoms with Gasteiger partial charge < -0.3 is 10.5 Å². The van der Waals surface area contributed by atoms with Crippen LogP contribution in [0.4, 0.5) is 0 Å². The molecule has 0 radical (unpaired) electrons. The molecule has 0 aliphatic heterocycles. The smallest absolute Gasteiger partial charge is 0.141 e. The van der Waals surface area contributed by atoms with Gasteiger partial charge in [0.15, 0.2) is 0 Å². The van der Waals surface area contributed by atoms with Crippen LogP contribution in [0.3, 0.4) is 0 Å². The quantitative estimate of drug-likeness (QED) is 0.703. The molecular formula is C16H11BrN2OS. The van der Waals surface area contributed by atoms with Gasteiger partial charge in [0.05, 0.1) is 9.99 Å². The van der Waals surface area contributed by atoms with Crippen LogP contribution < -0.4 is 10.5 Å². The number of hydrogen-bond donors (Lipinski definition) is 1. The van der Waals surface area contributed by atoms with Gasteiger partial charge in [-0.3, -0.25) is 4.98 Å². The van der Waals surface area contributed by atoms with E-state index in [4.69, 9.17) is 22.7 Å². The number of pyridine rings is 1. The van der Waals surface area contributed by atoms with Crippen LogP contribution in [-0.2, 0) is 0 Å². The third-order valence-corrected chi connectivity index (χ3v) is 3.90. The van der Waals surface area contributed by atoms with E-state index in [1.54, 1.807) is 6.20 Å². The molecule has 0 aliphatic carbocycles. The minimum absolute atomic E-state index is 0.358. The van der Waals surface area contributed by atoms with E-state index >= 15 is 0 Å². The molecule has 0 bridgehead atoms. The highest BCUT2D eigenvalue weighted by Gasteiger charge is 2.08. The summed E-state index contributed by atoms with van der Waals surface area (Å²) in [5.74, 6) is 1.45. The van der Waals surface area contributed by atoms with Crippen LogP contribution >= 0.6 is 28.1 Å². The Morgan fingerprint density at radius 1 is 1.10 bits per heavy atom. The van der Waals surface area contributed by atoms with Crippen LogP contribution in [0.1, 0.15) is 5.56 Å². The molecule has 5 heteroatoms. The Morgan fingerprint density at radius 2 is 1.95 bits per heavy atom. The van der Waals surface area contributed by atoms with Crippen LogP contribution in [0.25, 0.3) is 10.9 Å². The van der Waals surface area contributed by atoms with Crippen molar-refractivity contribution in [2.75, 3.05) is 0 Å². The van der Waals surface area contributed by atoms with Crippen LogP contribution in [-0.4, -0.2) is 9.97 Å². The molecule has 21 heavy (non-hydrogen) atoms. The molecule has 1 heterocycles. The molecule has 0 spiro atoms. The van der Waals surface area contributed by atoms with Crippen LogP contribution in [0.5, 0.6) is 11.5 Å². The summed E-state index contributed by atoms with van der Waals surface area (Å²) >= 11 is 8.45. The van der Waals surface area contributed by atoms with Gasteiger partial charge in [-0.15, -0.1) is 0 Å². The molecule has 2 N–H and O–H groups in total. The molecule has 3 aromatic rings. The van der Waals surface area contributed by atoms with Gasteiger partial charge >= 0.3 is 0 Å². The Bertz CT molecular complexity index is 830. The molecule has 0 amide bonds. The molecule has 0 saturated carbocycles. The fourth-order valence-electron chi connectivity index (χ4n) is 2.02. The van der Waals surface area contributed by atoms with E-state index < -0.39 is 0 Å². The summed E-state index contributed by atoms with van der Waals surface area (Å²) in [5.41, 5.74) is 7.31. The Labute approximate surface area is 135 Å². The van der Waals surface area contributed by atoms with Crippen molar-refractivity contribution in [2.45, 2.75) is 0 Å². The molecule has 3 rings (SSSR count). The van der Waals surface area contributed by atoms with E-state index in [2.05, 4.69) is 20.9 Å². The topological polar surface area (TPSA) is 48.1 Å². The Morgan fingerprint density at radius 3 is 2.71 bits per heavy atom. The van der Waals surface area contributed by atoms with Crippen LogP contribution in [0.2, 0.25) is 0 Å². The Hall–Kier alpha value is -1.98. The molecule has 0 atom stereocenters. The van der Waals surface area contributed by atoms with Crippen LogP contribution in [0, 0.1) is 0 Å². The highest BCUT2D eigenvalue weighted by Crippen LogP contribution is 2.33. The van der Waals surface area contributed by atoms with E-state index in [0.29, 0.717) is 10.7 Å². The lowest BCUT2D eigenvalue weighted by Crippen LogP contribution is -2.09. The summed E-state index contributed by atoms with van der Waals surface area (Å²) < 4.78 is 6.79. The number of benzene rings is 2. The summed E-state index contributed by atoms with van der Waals surface area (Å²) in [7, 11) is 0. The second kappa shape index (κ2) is 5.79. The number of aromatic nitrogens is 1. The largest absolute Gasteiger partial charge is 0.455 e. The van der Waals surface area contributed by atoms with Crippen molar-refractivity contribution in [3.63, 3.8) is 0 Å². The van der Waals surface area contributed by atoms with Crippen molar-refractivity contribution in [1.29, 1.82) is 0 Å². The van der Waals surface area contributed by atoms with E-state index in [0.717, 1.165) is 26.7 Å². The summed E-state index contributed by atoms with van der Waals surface area (Å²) in [6.07, 6.45) is 1.76. The van der Waals surface area contributed by atoms with Gasteiger partial charge in [0, 0.05) is 17.1 Å². The second-order valence-electron chi connectivity index (χ2n) is 4.44. The maximum Gasteiger partial charge on any atom is 0.141 e. The first-order valence-corrected chi connectivity index (χ1v) is 7.46. The van der Waals surface area contributed by atoms with Crippen LogP contribution in [0.15, 0.2) is 59.2 Å². The first-order valence-electron chi connectivity index (χ1n) is 6.26. The number of hydrogen-bond acceptors (Lipinski definition) is 3. The number of nitrogens with two attached hydrogens (primary N) is 1. The third kappa shape index (κ3) is 2.89. The second-order valence-corrected chi connectivity index (χ2v) is 5.73. The van der Waals surface area contributed by atoms with Crippen molar-refractivity contribution in [2.24, 2.45) is 5.73 Å². The predicted octanol–water partition coefficient (Wildman–Crippen LogP) is 4.42. The van der Waals surface area contributed by atoms with E-state index in [-0.39, 0.29) is 0 Å². The van der Waals surface area contributed by atoms with Gasteiger partial charge in [0.1, 0.15) is 16.5 Å². The first kappa shape index (κ1) is 14.0. The number of rotatable bonds is 3. The number of thiocarbonyl (C=S) groups is 1. The van der Waals surface area contributed by atoms with E-state index in [1.807, 2.05) is 48.5 Å². The highest BCUT2D eigenvalue weighted by atomic mass is 79.9. The number of halogens is 1. The molecule has 2 aromatic carbocycles. The van der Waals surface area contributed by atoms with Gasteiger partial charge in [0.2, 0.25) is 0 Å². The lowest BCUT2D eigenvalue weighted by atomic mass is 10.2. The van der Waals surface area contributed by atoms with Crippen molar-refractivity contribution in [3.8, 4) is 11.5 Å². The maximum absolute atomic E-state index is 5.99. The fourth-order valence-corrected chi connectivity index (χ4v) is 2.61. The van der Waals surface area contributed by atoms with Crippen molar-refractivity contribution in [1.82, 2.24) is 4.98 Å². The molecule has 3 nitrogen and oxygen atoms in total. The SMILES string of the molecule is NC(=S)c1ccc(Oc2cccc3ncccc23)c(Br)c1. The summed E-state index contributed by atoms with van der Waals surface area (Å²) in [6.45, 7) is 0. The molecular weight excluding hydrogens is 348 g/mol. The first-order chi connectivity index (χ1) is 10.1. The lowest BCUT2D eigenvalue weighted by Gasteiger charge is -2.11. The van der Waals surface area contributed by atoms with E-state index in [1.165, 1.54) is 0 Å². The zero-order chi connectivity index (χ0) is 14.8. The zero-order valence-electron chi connectivity index (χ0n) is 10.9. The van der Waals surface area contributed by atoms with E-state index in [9.17, 15) is 0 Å². The van der Waals surface area contributed by atoms with Gasteiger partial charge in [0.25, 0.3) is 0 Å². The lowest BCUT2D eigenvalue weighted by molar-refractivity contribution is 0.485. The molecule has 0 unspecified atom stereocenters. The molecule has 0 saturated heterocycles. The standard InChI is InChI=1S/C16H11BrN2OS/c17-12-9-10(16(18)21)6-7-15(12)20-14-5-1-4-13-11(14)3-2-8-19-13/h1-9H,(H2,18,21). The van der Waals surface area contributed by atoms with Crippen molar-refractivity contribution in [3.05, 3.63) is 64.8 Å². The average molecular weight is 359 g/mol. The van der Waals surface area contributed by atoms with Gasteiger partial charge in [-0.05, 0) is 58.4 Å². The van der Waals surface area contributed by atoms with Gasteiger partial charge in [-0.25, -0.2) is 0 Å². The number of ether oxygens (including phenoxy) is 1. The molecule has 104 valence electrons. The Kier molecular flexibility index (Phi) is 3.86. The third-order valence-electron chi connectivity index (χ3n) is 3.04. The number of fused-ring (bicyclic) bond motifs is 1. The van der Waals surface area contributed by atoms with Crippen molar-refractivity contribution >= 4 is 44.0 Å². The fraction of sp³-hybridized carbons (Fsp3) is 0. The summed E-state index contributed by atoms with van der Waals surface area (Å²) in [6, 6.07) is 15.2. The predicted molar refractivity (Wildman–Crippen MR) is 91.8 cm³/mol. The maximum atomic E-state index is 5.99. The van der Waals surface area contributed by atoms with Gasteiger partial charge in [-0.1, -0.05) is 18.3 Å². The minimum Gasteiger partial charge on any atom is -0.455 e. The molecule has 0 aliphatic rings. The Balaban J connectivity index is 2.01. The highest BCUT2D eigenvalue weighted by molar-refractivity contribution is 9.10.